The number of aromatic nitrogens is 1. The molecular formula is C16H25N3O3S. The lowest BCUT2D eigenvalue weighted by Gasteiger charge is -2.47. The second-order valence-electron chi connectivity index (χ2n) is 6.39. The van der Waals surface area contributed by atoms with E-state index >= 15 is 0 Å². The number of hydrogen-bond donors (Lipinski definition) is 0. The Kier molecular flexibility index (Phi) is 4.89. The third-order valence-electron chi connectivity index (χ3n) is 4.58. The molecule has 3 heterocycles. The molecule has 1 aromatic rings. The number of piperidine rings is 1. The molecule has 0 N–H and O–H groups in total. The van der Waals surface area contributed by atoms with E-state index in [1.807, 2.05) is 25.1 Å². The van der Waals surface area contributed by atoms with Crippen molar-refractivity contribution in [2.75, 3.05) is 43.4 Å². The van der Waals surface area contributed by atoms with Gasteiger partial charge in [0.25, 0.3) is 0 Å². The minimum atomic E-state index is -3.17. The predicted octanol–water partition coefficient (Wildman–Crippen LogP) is 1.49. The highest BCUT2D eigenvalue weighted by Crippen LogP contribution is 2.31. The first-order chi connectivity index (χ1) is 11.0. The first-order valence-corrected chi connectivity index (χ1v) is 9.93. The average molecular weight is 339 g/mol. The lowest BCUT2D eigenvalue weighted by atomic mass is 9.91. The van der Waals surface area contributed by atoms with Crippen LogP contribution in [0.3, 0.4) is 0 Å². The Morgan fingerprint density at radius 2 is 2.17 bits per heavy atom. The van der Waals surface area contributed by atoms with E-state index in [1.165, 1.54) is 0 Å². The van der Waals surface area contributed by atoms with Crippen molar-refractivity contribution in [3.8, 4) is 0 Å². The number of anilines is 1. The molecule has 2 aliphatic heterocycles. The summed E-state index contributed by atoms with van der Waals surface area (Å²) in [5.74, 6) is 1.15. The van der Waals surface area contributed by atoms with Gasteiger partial charge in [-0.05, 0) is 31.4 Å². The fourth-order valence-corrected chi connectivity index (χ4v) is 5.07. The number of nitrogens with zero attached hydrogens (tertiary/aromatic N) is 3. The summed E-state index contributed by atoms with van der Waals surface area (Å²) in [6, 6.07) is 5.87. The second-order valence-corrected chi connectivity index (χ2v) is 8.48. The summed E-state index contributed by atoms with van der Waals surface area (Å²) in [4.78, 5) is 6.62. The summed E-state index contributed by atoms with van der Waals surface area (Å²) in [5.41, 5.74) is -0.408. The summed E-state index contributed by atoms with van der Waals surface area (Å²) in [5, 5.41) is 0. The van der Waals surface area contributed by atoms with E-state index < -0.39 is 15.6 Å². The van der Waals surface area contributed by atoms with E-state index in [2.05, 4.69) is 9.88 Å². The molecule has 2 saturated heterocycles. The Morgan fingerprint density at radius 1 is 1.30 bits per heavy atom. The maximum absolute atomic E-state index is 12.4. The molecule has 3 rings (SSSR count). The van der Waals surface area contributed by atoms with E-state index in [0.717, 1.165) is 25.2 Å². The van der Waals surface area contributed by atoms with Crippen LogP contribution in [0.15, 0.2) is 24.4 Å². The largest absolute Gasteiger partial charge is 0.370 e. The minimum absolute atomic E-state index is 0.215. The van der Waals surface area contributed by atoms with Crippen LogP contribution < -0.4 is 4.90 Å². The number of ether oxygens (including phenoxy) is 1. The van der Waals surface area contributed by atoms with Crippen molar-refractivity contribution < 1.29 is 13.2 Å². The van der Waals surface area contributed by atoms with E-state index in [4.69, 9.17) is 4.74 Å². The molecule has 0 radical (unpaired) electrons. The van der Waals surface area contributed by atoms with Crippen molar-refractivity contribution >= 4 is 15.8 Å². The maximum Gasteiger partial charge on any atom is 0.214 e. The minimum Gasteiger partial charge on any atom is -0.370 e. The van der Waals surface area contributed by atoms with Gasteiger partial charge < -0.3 is 9.64 Å². The topological polar surface area (TPSA) is 62.7 Å². The number of morpholine rings is 1. The van der Waals surface area contributed by atoms with E-state index in [-0.39, 0.29) is 5.75 Å². The van der Waals surface area contributed by atoms with Gasteiger partial charge >= 0.3 is 0 Å². The van der Waals surface area contributed by atoms with Gasteiger partial charge in [-0.1, -0.05) is 13.0 Å². The monoisotopic (exact) mass is 339 g/mol. The molecule has 0 saturated carbocycles. The molecule has 7 heteroatoms. The van der Waals surface area contributed by atoms with Gasteiger partial charge in [-0.25, -0.2) is 13.4 Å². The van der Waals surface area contributed by atoms with Crippen LogP contribution in [0.4, 0.5) is 5.82 Å². The molecule has 0 aromatic carbocycles. The van der Waals surface area contributed by atoms with Crippen LogP contribution in [-0.2, 0) is 14.8 Å². The molecule has 2 aliphatic rings. The van der Waals surface area contributed by atoms with Crippen LogP contribution in [0.25, 0.3) is 0 Å². The maximum atomic E-state index is 12.4. The fourth-order valence-electron chi connectivity index (χ4n) is 3.52. The van der Waals surface area contributed by atoms with Crippen LogP contribution in [0.1, 0.15) is 26.2 Å². The molecule has 128 valence electrons. The number of hydrogen-bond acceptors (Lipinski definition) is 5. The van der Waals surface area contributed by atoms with Gasteiger partial charge in [0.1, 0.15) is 5.82 Å². The molecule has 0 bridgehead atoms. The Morgan fingerprint density at radius 3 is 2.91 bits per heavy atom. The van der Waals surface area contributed by atoms with Gasteiger partial charge in [-0.15, -0.1) is 0 Å². The number of sulfonamides is 1. The van der Waals surface area contributed by atoms with Gasteiger partial charge in [-0.2, -0.15) is 4.31 Å². The normalized spacial score (nSPS) is 26.6. The summed E-state index contributed by atoms with van der Waals surface area (Å²) in [6.07, 6.45) is 4.32. The van der Waals surface area contributed by atoms with Gasteiger partial charge in [0, 0.05) is 32.4 Å². The molecule has 0 amide bonds. The third-order valence-corrected chi connectivity index (χ3v) is 6.60. The Bertz CT molecular complexity index is 619. The first-order valence-electron chi connectivity index (χ1n) is 8.32. The zero-order valence-corrected chi connectivity index (χ0v) is 14.5. The molecular weight excluding hydrogens is 314 g/mol. The molecule has 6 nitrogen and oxygen atoms in total. The van der Waals surface area contributed by atoms with Gasteiger partial charge in [0.05, 0.1) is 18.0 Å². The van der Waals surface area contributed by atoms with Gasteiger partial charge in [0.2, 0.25) is 10.0 Å². The van der Waals surface area contributed by atoms with Crippen LogP contribution in [0.2, 0.25) is 0 Å². The Hall–Kier alpha value is -1.18. The standard InChI is InChI=1S/C16H25N3O3S/c1-2-12-23(20,21)19-10-11-22-16(14-19)7-5-9-18(13-16)15-6-3-4-8-17-15/h3-4,6,8H,2,5,7,9-14H2,1H3. The number of rotatable bonds is 4. The first kappa shape index (κ1) is 16.7. The summed E-state index contributed by atoms with van der Waals surface area (Å²) in [6.45, 7) is 4.93. The molecule has 1 atom stereocenters. The van der Waals surface area contributed by atoms with Gasteiger partial charge in [-0.3, -0.25) is 0 Å². The van der Waals surface area contributed by atoms with E-state index in [1.54, 1.807) is 10.5 Å². The van der Waals surface area contributed by atoms with Crippen molar-refractivity contribution in [1.82, 2.24) is 9.29 Å². The zero-order chi connectivity index (χ0) is 16.3. The van der Waals surface area contributed by atoms with Crippen LogP contribution >= 0.6 is 0 Å². The van der Waals surface area contributed by atoms with Crippen molar-refractivity contribution in [2.45, 2.75) is 31.8 Å². The Labute approximate surface area is 138 Å². The molecule has 1 spiro atoms. The third kappa shape index (κ3) is 3.67. The summed E-state index contributed by atoms with van der Waals surface area (Å²) >= 11 is 0. The van der Waals surface area contributed by atoms with Crippen LogP contribution in [0.5, 0.6) is 0 Å². The molecule has 1 aromatic heterocycles. The SMILES string of the molecule is CCCS(=O)(=O)N1CCOC2(CCCN(c3ccccn3)C2)C1. The van der Waals surface area contributed by atoms with Crippen LogP contribution in [-0.4, -0.2) is 61.8 Å². The molecule has 23 heavy (non-hydrogen) atoms. The predicted molar refractivity (Wildman–Crippen MR) is 90.0 cm³/mol. The van der Waals surface area contributed by atoms with Crippen molar-refractivity contribution in [2.24, 2.45) is 0 Å². The van der Waals surface area contributed by atoms with E-state index in [0.29, 0.717) is 32.7 Å². The smallest absolute Gasteiger partial charge is 0.214 e. The molecule has 0 aliphatic carbocycles. The van der Waals surface area contributed by atoms with Crippen molar-refractivity contribution in [3.63, 3.8) is 0 Å². The zero-order valence-electron chi connectivity index (χ0n) is 13.6. The Balaban J connectivity index is 1.76. The number of pyridine rings is 1. The summed E-state index contributed by atoms with van der Waals surface area (Å²) < 4.78 is 32.5. The van der Waals surface area contributed by atoms with E-state index in [9.17, 15) is 8.42 Å². The van der Waals surface area contributed by atoms with Crippen LogP contribution in [0, 0.1) is 0 Å². The summed E-state index contributed by atoms with van der Waals surface area (Å²) in [7, 11) is -3.17. The highest BCUT2D eigenvalue weighted by molar-refractivity contribution is 7.89. The lowest BCUT2D eigenvalue weighted by Crippen LogP contribution is -2.61. The van der Waals surface area contributed by atoms with Crippen molar-refractivity contribution in [3.05, 3.63) is 24.4 Å². The highest BCUT2D eigenvalue weighted by Gasteiger charge is 2.43. The molecule has 2 fully saturated rings. The second kappa shape index (κ2) is 6.75. The average Bonchev–Trinajstić information content (AvgIpc) is 2.56. The molecule has 1 unspecified atom stereocenters. The highest BCUT2D eigenvalue weighted by atomic mass is 32.2. The quantitative estimate of drug-likeness (QED) is 0.832. The van der Waals surface area contributed by atoms with Crippen molar-refractivity contribution in [1.29, 1.82) is 0 Å². The fraction of sp³-hybridized carbons (Fsp3) is 0.688. The lowest BCUT2D eigenvalue weighted by molar-refractivity contribution is -0.0950. The van der Waals surface area contributed by atoms with Gasteiger partial charge in [0.15, 0.2) is 0 Å².